The largest absolute Gasteiger partial charge is 0.378 e. The number of nitrogens with zero attached hydrogens (tertiary/aromatic N) is 2. The SMILES string of the molecule is CN(C)c1ccc(CNC(=O)NC2CCN(Cc3ccc(Cl)cc3)CC2)cc1. The molecule has 1 fully saturated rings. The Labute approximate surface area is 172 Å². The standard InChI is InChI=1S/C22H29ClN4O/c1-26(2)21-9-5-17(6-10-21)15-24-22(28)25-20-11-13-27(14-12-20)16-18-3-7-19(23)8-4-18/h3-10,20H,11-16H2,1-2H3,(H2,24,25,28). The summed E-state index contributed by atoms with van der Waals surface area (Å²) in [5, 5.41) is 6.84. The van der Waals surface area contributed by atoms with E-state index in [1.807, 2.05) is 38.4 Å². The molecule has 2 amide bonds. The number of hydrogen-bond acceptors (Lipinski definition) is 3. The van der Waals surface area contributed by atoms with Crippen molar-refractivity contribution in [2.75, 3.05) is 32.1 Å². The number of halogens is 1. The van der Waals surface area contributed by atoms with Crippen LogP contribution >= 0.6 is 11.6 Å². The fourth-order valence-corrected chi connectivity index (χ4v) is 3.54. The molecular weight excluding hydrogens is 372 g/mol. The second-order valence-electron chi connectivity index (χ2n) is 7.56. The molecule has 0 saturated carbocycles. The fraction of sp³-hybridized carbons (Fsp3) is 0.409. The lowest BCUT2D eigenvalue weighted by atomic mass is 10.0. The zero-order valence-electron chi connectivity index (χ0n) is 16.6. The van der Waals surface area contributed by atoms with Crippen molar-refractivity contribution in [1.29, 1.82) is 0 Å². The summed E-state index contributed by atoms with van der Waals surface area (Å²) in [4.78, 5) is 16.7. The summed E-state index contributed by atoms with van der Waals surface area (Å²) < 4.78 is 0. The van der Waals surface area contributed by atoms with E-state index < -0.39 is 0 Å². The average molecular weight is 401 g/mol. The first-order valence-corrected chi connectivity index (χ1v) is 10.1. The van der Waals surface area contributed by atoms with E-state index >= 15 is 0 Å². The summed E-state index contributed by atoms with van der Waals surface area (Å²) in [5.74, 6) is 0. The predicted molar refractivity (Wildman–Crippen MR) is 116 cm³/mol. The molecule has 5 nitrogen and oxygen atoms in total. The van der Waals surface area contributed by atoms with Gasteiger partial charge in [-0.1, -0.05) is 35.9 Å². The highest BCUT2D eigenvalue weighted by molar-refractivity contribution is 6.30. The molecule has 3 rings (SSSR count). The Morgan fingerprint density at radius 1 is 1.04 bits per heavy atom. The molecule has 28 heavy (non-hydrogen) atoms. The lowest BCUT2D eigenvalue weighted by molar-refractivity contribution is 0.186. The van der Waals surface area contributed by atoms with Gasteiger partial charge in [0.1, 0.15) is 0 Å². The van der Waals surface area contributed by atoms with Crippen LogP contribution in [-0.2, 0) is 13.1 Å². The Morgan fingerprint density at radius 2 is 1.64 bits per heavy atom. The number of piperidine rings is 1. The fourth-order valence-electron chi connectivity index (χ4n) is 3.41. The van der Waals surface area contributed by atoms with E-state index in [0.29, 0.717) is 6.54 Å². The van der Waals surface area contributed by atoms with Gasteiger partial charge < -0.3 is 15.5 Å². The van der Waals surface area contributed by atoms with Crippen molar-refractivity contribution < 1.29 is 4.79 Å². The van der Waals surface area contributed by atoms with Gasteiger partial charge in [-0.3, -0.25) is 4.90 Å². The van der Waals surface area contributed by atoms with Crippen molar-refractivity contribution >= 4 is 23.3 Å². The molecule has 150 valence electrons. The van der Waals surface area contributed by atoms with Crippen LogP contribution < -0.4 is 15.5 Å². The van der Waals surface area contributed by atoms with Gasteiger partial charge in [0.2, 0.25) is 0 Å². The maximum absolute atomic E-state index is 12.2. The molecule has 0 spiro atoms. The van der Waals surface area contributed by atoms with E-state index in [1.165, 1.54) is 5.56 Å². The second-order valence-corrected chi connectivity index (χ2v) is 8.00. The van der Waals surface area contributed by atoms with Crippen LogP contribution in [-0.4, -0.2) is 44.2 Å². The van der Waals surface area contributed by atoms with E-state index in [-0.39, 0.29) is 12.1 Å². The molecule has 0 unspecified atom stereocenters. The summed E-state index contributed by atoms with van der Waals surface area (Å²) in [6.45, 7) is 3.44. The number of amides is 2. The molecule has 2 N–H and O–H groups in total. The lowest BCUT2D eigenvalue weighted by Crippen LogP contribution is -2.47. The number of hydrogen-bond donors (Lipinski definition) is 2. The van der Waals surface area contributed by atoms with E-state index in [0.717, 1.165) is 48.7 Å². The van der Waals surface area contributed by atoms with Gasteiger partial charge >= 0.3 is 6.03 Å². The van der Waals surface area contributed by atoms with E-state index in [4.69, 9.17) is 11.6 Å². The number of likely N-dealkylation sites (tertiary alicyclic amines) is 1. The highest BCUT2D eigenvalue weighted by atomic mass is 35.5. The molecule has 1 saturated heterocycles. The molecule has 0 aliphatic carbocycles. The minimum absolute atomic E-state index is 0.0900. The number of rotatable bonds is 6. The van der Waals surface area contributed by atoms with Crippen molar-refractivity contribution in [2.45, 2.75) is 32.0 Å². The maximum atomic E-state index is 12.2. The summed E-state index contributed by atoms with van der Waals surface area (Å²) in [5.41, 5.74) is 3.52. The molecular formula is C22H29ClN4O. The first-order chi connectivity index (χ1) is 13.5. The highest BCUT2D eigenvalue weighted by Crippen LogP contribution is 2.16. The van der Waals surface area contributed by atoms with Crippen LogP contribution in [0.4, 0.5) is 10.5 Å². The Morgan fingerprint density at radius 3 is 2.25 bits per heavy atom. The quantitative estimate of drug-likeness (QED) is 0.773. The predicted octanol–water partition coefficient (Wildman–Crippen LogP) is 3.87. The Kier molecular flexibility index (Phi) is 7.18. The molecule has 0 bridgehead atoms. The summed E-state index contributed by atoms with van der Waals surface area (Å²) in [6.07, 6.45) is 1.94. The summed E-state index contributed by atoms with van der Waals surface area (Å²) in [6, 6.07) is 16.4. The zero-order valence-corrected chi connectivity index (χ0v) is 17.4. The highest BCUT2D eigenvalue weighted by Gasteiger charge is 2.20. The molecule has 0 aromatic heterocycles. The average Bonchev–Trinajstić information content (AvgIpc) is 2.70. The number of carbonyl (C=O) groups is 1. The topological polar surface area (TPSA) is 47.6 Å². The number of nitrogens with one attached hydrogen (secondary N) is 2. The Hall–Kier alpha value is -2.24. The van der Waals surface area contributed by atoms with Crippen LogP contribution in [0.3, 0.4) is 0 Å². The number of anilines is 1. The number of urea groups is 1. The van der Waals surface area contributed by atoms with Crippen molar-refractivity contribution in [1.82, 2.24) is 15.5 Å². The van der Waals surface area contributed by atoms with Gasteiger partial charge in [0, 0.05) is 57.0 Å². The summed E-state index contributed by atoms with van der Waals surface area (Å²) >= 11 is 5.94. The van der Waals surface area contributed by atoms with E-state index in [1.54, 1.807) is 0 Å². The third kappa shape index (κ3) is 6.14. The van der Waals surface area contributed by atoms with Crippen LogP contribution in [0.1, 0.15) is 24.0 Å². The van der Waals surface area contributed by atoms with Crippen LogP contribution in [0.15, 0.2) is 48.5 Å². The number of carbonyl (C=O) groups excluding carboxylic acids is 1. The minimum Gasteiger partial charge on any atom is -0.378 e. The molecule has 1 aliphatic heterocycles. The molecule has 1 aliphatic rings. The normalized spacial score (nSPS) is 15.2. The third-order valence-electron chi connectivity index (χ3n) is 5.15. The van der Waals surface area contributed by atoms with Crippen molar-refractivity contribution in [3.63, 3.8) is 0 Å². The van der Waals surface area contributed by atoms with Crippen molar-refractivity contribution in [3.05, 3.63) is 64.7 Å². The van der Waals surface area contributed by atoms with Gasteiger partial charge in [-0.2, -0.15) is 0 Å². The van der Waals surface area contributed by atoms with Gasteiger partial charge in [0.15, 0.2) is 0 Å². The maximum Gasteiger partial charge on any atom is 0.315 e. The van der Waals surface area contributed by atoms with Crippen LogP contribution in [0.5, 0.6) is 0 Å². The molecule has 1 heterocycles. The first kappa shape index (κ1) is 20.5. The molecule has 0 radical (unpaired) electrons. The van der Waals surface area contributed by atoms with Gasteiger partial charge in [-0.25, -0.2) is 4.79 Å². The van der Waals surface area contributed by atoms with Gasteiger partial charge in [0.25, 0.3) is 0 Å². The van der Waals surface area contributed by atoms with Gasteiger partial charge in [-0.05, 0) is 48.2 Å². The monoisotopic (exact) mass is 400 g/mol. The lowest BCUT2D eigenvalue weighted by Gasteiger charge is -2.32. The molecule has 2 aromatic carbocycles. The molecule has 2 aromatic rings. The molecule has 6 heteroatoms. The van der Waals surface area contributed by atoms with E-state index in [2.05, 4.69) is 44.7 Å². The summed E-state index contributed by atoms with van der Waals surface area (Å²) in [7, 11) is 4.03. The zero-order chi connectivity index (χ0) is 19.9. The third-order valence-corrected chi connectivity index (χ3v) is 5.40. The first-order valence-electron chi connectivity index (χ1n) is 9.77. The number of benzene rings is 2. The second kappa shape index (κ2) is 9.80. The molecule has 0 atom stereocenters. The minimum atomic E-state index is -0.0900. The van der Waals surface area contributed by atoms with Gasteiger partial charge in [-0.15, -0.1) is 0 Å². The van der Waals surface area contributed by atoms with Crippen molar-refractivity contribution in [3.8, 4) is 0 Å². The Balaban J connectivity index is 1.37. The van der Waals surface area contributed by atoms with Gasteiger partial charge in [0.05, 0.1) is 0 Å². The van der Waals surface area contributed by atoms with Crippen molar-refractivity contribution in [2.24, 2.45) is 0 Å². The smallest absolute Gasteiger partial charge is 0.315 e. The van der Waals surface area contributed by atoms with E-state index in [9.17, 15) is 4.79 Å². The Bertz CT molecular complexity index is 753. The van der Waals surface area contributed by atoms with Crippen LogP contribution in [0.2, 0.25) is 5.02 Å². The van der Waals surface area contributed by atoms with Crippen LogP contribution in [0.25, 0.3) is 0 Å². The van der Waals surface area contributed by atoms with Crippen LogP contribution in [0, 0.1) is 0 Å².